The van der Waals surface area contributed by atoms with Crippen molar-refractivity contribution in [3.8, 4) is 5.69 Å². The lowest BCUT2D eigenvalue weighted by Gasteiger charge is -2.11. The molecule has 0 aliphatic rings. The number of benzene rings is 3. The van der Waals surface area contributed by atoms with E-state index < -0.39 is 0 Å². The molecule has 33 heavy (non-hydrogen) atoms. The molecule has 3 aromatic carbocycles. The molecule has 0 unspecified atom stereocenters. The van der Waals surface area contributed by atoms with Gasteiger partial charge in [0.1, 0.15) is 0 Å². The van der Waals surface area contributed by atoms with Gasteiger partial charge in [-0.1, -0.05) is 59.8 Å². The molecule has 0 N–H and O–H groups in total. The van der Waals surface area contributed by atoms with Gasteiger partial charge in [0.2, 0.25) is 5.78 Å². The average molecular weight is 470 g/mol. The molecular formula is C25H16ClN5OS. The van der Waals surface area contributed by atoms with Crippen LogP contribution in [0.25, 0.3) is 33.3 Å². The summed E-state index contributed by atoms with van der Waals surface area (Å²) in [7, 11) is 0. The Kier molecular flexibility index (Phi) is 4.86. The van der Waals surface area contributed by atoms with Crippen LogP contribution >= 0.6 is 23.4 Å². The van der Waals surface area contributed by atoms with Crippen molar-refractivity contribution >= 4 is 50.9 Å². The first-order valence-electron chi connectivity index (χ1n) is 10.3. The van der Waals surface area contributed by atoms with E-state index in [4.69, 9.17) is 11.6 Å². The molecule has 0 bridgehead atoms. The maximum atomic E-state index is 13.4. The van der Waals surface area contributed by atoms with Gasteiger partial charge in [0, 0.05) is 22.4 Å². The quantitative estimate of drug-likeness (QED) is 0.318. The number of thioether (sulfide) groups is 1. The molecule has 6 rings (SSSR count). The predicted octanol–water partition coefficient (Wildman–Crippen LogP) is 5.53. The predicted molar refractivity (Wildman–Crippen MR) is 132 cm³/mol. The molecule has 0 atom stereocenters. The van der Waals surface area contributed by atoms with Crippen LogP contribution in [0.1, 0.15) is 5.56 Å². The zero-order valence-corrected chi connectivity index (χ0v) is 18.8. The van der Waals surface area contributed by atoms with E-state index in [1.54, 1.807) is 22.5 Å². The monoisotopic (exact) mass is 469 g/mol. The number of nitrogens with zero attached hydrogens (tertiary/aromatic N) is 5. The van der Waals surface area contributed by atoms with Crippen molar-refractivity contribution in [1.29, 1.82) is 0 Å². The van der Waals surface area contributed by atoms with Crippen molar-refractivity contribution in [2.24, 2.45) is 0 Å². The summed E-state index contributed by atoms with van der Waals surface area (Å²) >= 11 is 7.90. The van der Waals surface area contributed by atoms with Crippen LogP contribution in [-0.2, 0) is 5.75 Å². The van der Waals surface area contributed by atoms with E-state index in [1.807, 2.05) is 83.3 Å². The maximum absolute atomic E-state index is 13.4. The second-order valence-corrected chi connectivity index (χ2v) is 8.86. The Labute approximate surface area is 197 Å². The third kappa shape index (κ3) is 3.28. The zero-order valence-electron chi connectivity index (χ0n) is 17.2. The number of fused-ring (bicyclic) bond motifs is 4. The maximum Gasteiger partial charge on any atom is 0.267 e. The van der Waals surface area contributed by atoms with Crippen molar-refractivity contribution in [1.82, 2.24) is 24.1 Å². The minimum atomic E-state index is -0.124. The molecule has 3 aromatic heterocycles. The molecule has 0 amide bonds. The van der Waals surface area contributed by atoms with Crippen LogP contribution in [0, 0.1) is 0 Å². The molecule has 0 saturated heterocycles. The smallest absolute Gasteiger partial charge is 0.267 e. The highest BCUT2D eigenvalue weighted by molar-refractivity contribution is 7.98. The summed E-state index contributed by atoms with van der Waals surface area (Å²) in [6.45, 7) is 0. The molecule has 6 nitrogen and oxygen atoms in total. The molecule has 0 radical (unpaired) electrons. The lowest BCUT2D eigenvalue weighted by Crippen LogP contribution is -2.21. The van der Waals surface area contributed by atoms with Gasteiger partial charge < -0.3 is 0 Å². The van der Waals surface area contributed by atoms with Gasteiger partial charge in [0.25, 0.3) is 5.56 Å². The summed E-state index contributed by atoms with van der Waals surface area (Å²) in [5, 5.41) is 11.8. The van der Waals surface area contributed by atoms with Crippen LogP contribution in [0.2, 0.25) is 5.02 Å². The van der Waals surface area contributed by atoms with E-state index in [-0.39, 0.29) is 5.56 Å². The van der Waals surface area contributed by atoms with Crippen LogP contribution in [0.15, 0.2) is 95.0 Å². The Balaban J connectivity index is 1.52. The third-order valence-corrected chi connectivity index (χ3v) is 6.87. The van der Waals surface area contributed by atoms with Crippen molar-refractivity contribution in [3.05, 3.63) is 106 Å². The molecule has 6 aromatic rings. The SMILES string of the molecule is O=c1c2ccccc2n2c(SCc3ccc(Cl)c4cccnc34)nnc2n1-c1ccccc1. The number of pyridine rings is 1. The van der Waals surface area contributed by atoms with Gasteiger partial charge in [-0.15, -0.1) is 10.2 Å². The first-order valence-corrected chi connectivity index (χ1v) is 11.7. The number of rotatable bonds is 4. The molecule has 0 saturated carbocycles. The molecule has 0 fully saturated rings. The molecule has 160 valence electrons. The highest BCUT2D eigenvalue weighted by Crippen LogP contribution is 2.30. The third-order valence-electron chi connectivity index (χ3n) is 5.57. The van der Waals surface area contributed by atoms with E-state index in [1.165, 1.54) is 0 Å². The fraction of sp³-hybridized carbons (Fsp3) is 0.0400. The van der Waals surface area contributed by atoms with Gasteiger partial charge in [-0.2, -0.15) is 0 Å². The molecule has 3 heterocycles. The molecule has 0 spiro atoms. The lowest BCUT2D eigenvalue weighted by molar-refractivity contribution is 0.930. The summed E-state index contributed by atoms with van der Waals surface area (Å²) in [6.07, 6.45) is 1.77. The van der Waals surface area contributed by atoms with Crippen molar-refractivity contribution in [2.75, 3.05) is 0 Å². The Bertz CT molecular complexity index is 1710. The van der Waals surface area contributed by atoms with E-state index in [0.29, 0.717) is 27.1 Å². The Hall–Kier alpha value is -3.68. The minimum absolute atomic E-state index is 0.124. The van der Waals surface area contributed by atoms with Crippen molar-refractivity contribution in [3.63, 3.8) is 0 Å². The van der Waals surface area contributed by atoms with Crippen molar-refractivity contribution in [2.45, 2.75) is 10.9 Å². The van der Waals surface area contributed by atoms with Crippen LogP contribution in [0.3, 0.4) is 0 Å². The van der Waals surface area contributed by atoms with Crippen LogP contribution in [0.4, 0.5) is 0 Å². The van der Waals surface area contributed by atoms with Crippen LogP contribution < -0.4 is 5.56 Å². The molecule has 8 heteroatoms. The van der Waals surface area contributed by atoms with Crippen LogP contribution in [-0.4, -0.2) is 24.1 Å². The highest BCUT2D eigenvalue weighted by atomic mass is 35.5. The fourth-order valence-corrected chi connectivity index (χ4v) is 5.18. The van der Waals surface area contributed by atoms with Gasteiger partial charge >= 0.3 is 0 Å². The Morgan fingerprint density at radius 3 is 2.52 bits per heavy atom. The van der Waals surface area contributed by atoms with Gasteiger partial charge in [-0.25, -0.2) is 4.57 Å². The van der Waals surface area contributed by atoms with E-state index >= 15 is 0 Å². The second-order valence-electron chi connectivity index (χ2n) is 7.51. The summed E-state index contributed by atoms with van der Waals surface area (Å²) < 4.78 is 3.55. The minimum Gasteiger partial charge on any atom is -0.268 e. The lowest BCUT2D eigenvalue weighted by atomic mass is 10.1. The van der Waals surface area contributed by atoms with Crippen molar-refractivity contribution < 1.29 is 0 Å². The molecular weight excluding hydrogens is 454 g/mol. The number of hydrogen-bond acceptors (Lipinski definition) is 5. The normalized spacial score (nSPS) is 11.5. The first kappa shape index (κ1) is 20.0. The van der Waals surface area contributed by atoms with Gasteiger partial charge in [-0.05, 0) is 48.0 Å². The standard InChI is InChI=1S/C25H16ClN5OS/c26-20-13-12-16(22-18(20)10-6-14-27-22)15-33-25-29-28-24-30(17-7-2-1-3-8-17)23(32)19-9-4-5-11-21(19)31(24)25/h1-14H,15H2. The molecule has 0 aliphatic heterocycles. The summed E-state index contributed by atoms with van der Waals surface area (Å²) in [5.74, 6) is 1.11. The Morgan fingerprint density at radius 2 is 1.64 bits per heavy atom. The zero-order chi connectivity index (χ0) is 22.4. The second kappa shape index (κ2) is 8.03. The summed E-state index contributed by atoms with van der Waals surface area (Å²) in [6, 6.07) is 24.8. The van der Waals surface area contributed by atoms with Gasteiger partial charge in [0.05, 0.1) is 22.1 Å². The number of para-hydroxylation sites is 2. The highest BCUT2D eigenvalue weighted by Gasteiger charge is 2.18. The topological polar surface area (TPSA) is 65.1 Å². The summed E-state index contributed by atoms with van der Waals surface area (Å²) in [5.41, 5.74) is 3.32. The first-order chi connectivity index (χ1) is 16.2. The number of halogens is 1. The van der Waals surface area contributed by atoms with E-state index in [2.05, 4.69) is 15.2 Å². The molecule has 0 aliphatic carbocycles. The van der Waals surface area contributed by atoms with E-state index in [0.717, 1.165) is 27.7 Å². The summed E-state index contributed by atoms with van der Waals surface area (Å²) in [4.78, 5) is 17.9. The van der Waals surface area contributed by atoms with Crippen LogP contribution in [0.5, 0.6) is 0 Å². The number of aromatic nitrogens is 5. The van der Waals surface area contributed by atoms with Gasteiger partial charge in [-0.3, -0.25) is 14.2 Å². The Morgan fingerprint density at radius 1 is 0.848 bits per heavy atom. The number of hydrogen-bond donors (Lipinski definition) is 0. The largest absolute Gasteiger partial charge is 0.268 e. The fourth-order valence-electron chi connectivity index (χ4n) is 4.04. The van der Waals surface area contributed by atoms with E-state index in [9.17, 15) is 4.79 Å². The van der Waals surface area contributed by atoms with Gasteiger partial charge in [0.15, 0.2) is 5.16 Å². The average Bonchev–Trinajstić information content (AvgIpc) is 3.28.